The fourth-order valence-corrected chi connectivity index (χ4v) is 4.17. The van der Waals surface area contributed by atoms with Crippen molar-refractivity contribution in [3.8, 4) is 0 Å². The van der Waals surface area contributed by atoms with Gasteiger partial charge in [-0.3, -0.25) is 9.69 Å². The van der Waals surface area contributed by atoms with Gasteiger partial charge in [0.15, 0.2) is 0 Å². The molecule has 0 spiro atoms. The predicted molar refractivity (Wildman–Crippen MR) is 120 cm³/mol. The fourth-order valence-electron chi connectivity index (χ4n) is 4.17. The van der Waals surface area contributed by atoms with Crippen LogP contribution in [0.4, 0.5) is 0 Å². The number of para-hydroxylation sites is 2. The van der Waals surface area contributed by atoms with Crippen LogP contribution in [0.2, 0.25) is 0 Å². The summed E-state index contributed by atoms with van der Waals surface area (Å²) in [5, 5.41) is 3.07. The Bertz CT molecular complexity index is 921. The number of H-pyrrole nitrogens is 1. The SMILES string of the molecule is CN1CCN(CCCNC(=O)CCc2nc3ccccc3[nH]2)C(c2ccccc2)C1. The van der Waals surface area contributed by atoms with Crippen molar-refractivity contribution in [3.63, 3.8) is 0 Å². The molecular weight excluding hydrogens is 374 g/mol. The van der Waals surface area contributed by atoms with Gasteiger partial charge in [-0.05, 0) is 31.2 Å². The number of nitrogens with one attached hydrogen (secondary N) is 2. The van der Waals surface area contributed by atoms with Crippen LogP contribution in [0, 0.1) is 0 Å². The molecule has 1 unspecified atom stereocenters. The average molecular weight is 406 g/mol. The molecule has 30 heavy (non-hydrogen) atoms. The molecule has 2 N–H and O–H groups in total. The number of aromatic amines is 1. The van der Waals surface area contributed by atoms with Crippen LogP contribution in [0.3, 0.4) is 0 Å². The number of carbonyl (C=O) groups excluding carboxylic acids is 1. The molecule has 1 saturated heterocycles. The lowest BCUT2D eigenvalue weighted by atomic mass is 10.0. The van der Waals surface area contributed by atoms with Gasteiger partial charge in [-0.15, -0.1) is 0 Å². The Morgan fingerprint density at radius 3 is 2.77 bits per heavy atom. The summed E-state index contributed by atoms with van der Waals surface area (Å²) in [5.41, 5.74) is 3.35. The quantitative estimate of drug-likeness (QED) is 0.566. The van der Waals surface area contributed by atoms with Crippen molar-refractivity contribution in [2.24, 2.45) is 0 Å². The minimum absolute atomic E-state index is 0.0912. The average Bonchev–Trinajstić information content (AvgIpc) is 3.20. The number of carbonyl (C=O) groups is 1. The molecule has 0 bridgehead atoms. The maximum atomic E-state index is 12.2. The molecule has 6 nitrogen and oxygen atoms in total. The zero-order valence-electron chi connectivity index (χ0n) is 17.7. The molecule has 6 heteroatoms. The van der Waals surface area contributed by atoms with E-state index >= 15 is 0 Å². The van der Waals surface area contributed by atoms with Crippen LogP contribution in [-0.2, 0) is 11.2 Å². The molecular formula is C24H31N5O. The van der Waals surface area contributed by atoms with E-state index in [1.807, 2.05) is 24.3 Å². The number of nitrogens with zero attached hydrogens (tertiary/aromatic N) is 3. The van der Waals surface area contributed by atoms with Gasteiger partial charge in [0.2, 0.25) is 5.91 Å². The molecule has 2 heterocycles. The van der Waals surface area contributed by atoms with Crippen LogP contribution < -0.4 is 5.32 Å². The third-order valence-corrected chi connectivity index (χ3v) is 5.85. The maximum Gasteiger partial charge on any atom is 0.220 e. The molecule has 3 aromatic rings. The number of likely N-dealkylation sites (N-methyl/N-ethyl adjacent to an activating group) is 1. The number of benzene rings is 2. The van der Waals surface area contributed by atoms with E-state index in [4.69, 9.17) is 0 Å². The molecule has 158 valence electrons. The Morgan fingerprint density at radius 2 is 1.93 bits per heavy atom. The molecule has 1 aliphatic heterocycles. The van der Waals surface area contributed by atoms with Crippen LogP contribution in [0.5, 0.6) is 0 Å². The maximum absolute atomic E-state index is 12.2. The lowest BCUT2D eigenvalue weighted by Gasteiger charge is -2.40. The van der Waals surface area contributed by atoms with E-state index < -0.39 is 0 Å². The Hall–Kier alpha value is -2.70. The van der Waals surface area contributed by atoms with Gasteiger partial charge >= 0.3 is 0 Å². The highest BCUT2D eigenvalue weighted by Crippen LogP contribution is 2.24. The molecule has 0 aliphatic carbocycles. The van der Waals surface area contributed by atoms with Crippen LogP contribution in [-0.4, -0.2) is 65.4 Å². The number of piperazine rings is 1. The number of aromatic nitrogens is 2. The lowest BCUT2D eigenvalue weighted by Crippen LogP contribution is -2.47. The standard InChI is InChI=1S/C24H31N5O/c1-28-16-17-29(22(18-28)19-8-3-2-4-9-19)15-7-14-25-24(30)13-12-23-26-20-10-5-6-11-21(20)27-23/h2-6,8-11,22H,7,12-18H2,1H3,(H,25,30)(H,26,27). The number of imidazole rings is 1. The van der Waals surface area contributed by atoms with E-state index in [1.165, 1.54) is 5.56 Å². The van der Waals surface area contributed by atoms with Crippen molar-refractivity contribution in [3.05, 3.63) is 66.0 Å². The third-order valence-electron chi connectivity index (χ3n) is 5.85. The van der Waals surface area contributed by atoms with Crippen LogP contribution in [0.25, 0.3) is 11.0 Å². The summed E-state index contributed by atoms with van der Waals surface area (Å²) in [6.45, 7) is 4.92. The van der Waals surface area contributed by atoms with E-state index in [1.54, 1.807) is 0 Å². The third kappa shape index (κ3) is 5.26. The van der Waals surface area contributed by atoms with Crippen molar-refractivity contribution >= 4 is 16.9 Å². The Balaban J connectivity index is 1.20. The number of amides is 1. The van der Waals surface area contributed by atoms with Crippen LogP contribution in [0.1, 0.15) is 30.3 Å². The second kappa shape index (κ2) is 9.87. The first-order valence-corrected chi connectivity index (χ1v) is 10.9. The van der Waals surface area contributed by atoms with Crippen LogP contribution >= 0.6 is 0 Å². The number of hydrogen-bond donors (Lipinski definition) is 2. The first kappa shape index (κ1) is 20.6. The lowest BCUT2D eigenvalue weighted by molar-refractivity contribution is -0.121. The number of fused-ring (bicyclic) bond motifs is 1. The summed E-state index contributed by atoms with van der Waals surface area (Å²) in [5.74, 6) is 0.961. The minimum Gasteiger partial charge on any atom is -0.356 e. The van der Waals surface area contributed by atoms with Gasteiger partial charge in [-0.1, -0.05) is 42.5 Å². The number of aryl methyl sites for hydroxylation is 1. The molecule has 1 atom stereocenters. The predicted octanol–water partition coefficient (Wildman–Crippen LogP) is 2.99. The van der Waals surface area contributed by atoms with Crippen LogP contribution in [0.15, 0.2) is 54.6 Å². The zero-order valence-corrected chi connectivity index (χ0v) is 17.7. The highest BCUT2D eigenvalue weighted by molar-refractivity contribution is 5.77. The van der Waals surface area contributed by atoms with Gasteiger partial charge < -0.3 is 15.2 Å². The first-order valence-electron chi connectivity index (χ1n) is 10.9. The minimum atomic E-state index is 0.0912. The van der Waals surface area contributed by atoms with Crippen molar-refractivity contribution in [2.45, 2.75) is 25.3 Å². The van der Waals surface area contributed by atoms with E-state index in [9.17, 15) is 4.79 Å². The Labute approximate surface area is 178 Å². The second-order valence-electron chi connectivity index (χ2n) is 8.13. The molecule has 0 saturated carbocycles. The zero-order chi connectivity index (χ0) is 20.8. The normalized spacial score (nSPS) is 18.0. The number of hydrogen-bond acceptors (Lipinski definition) is 4. The van der Waals surface area contributed by atoms with E-state index in [0.29, 0.717) is 25.4 Å². The summed E-state index contributed by atoms with van der Waals surface area (Å²) >= 11 is 0. The van der Waals surface area contributed by atoms with Gasteiger partial charge in [0.1, 0.15) is 5.82 Å². The van der Waals surface area contributed by atoms with Gasteiger partial charge in [0, 0.05) is 51.6 Å². The first-order chi connectivity index (χ1) is 14.7. The Kier molecular flexibility index (Phi) is 6.77. The van der Waals surface area contributed by atoms with Crippen molar-refractivity contribution in [1.29, 1.82) is 0 Å². The van der Waals surface area contributed by atoms with E-state index in [0.717, 1.165) is 49.5 Å². The van der Waals surface area contributed by atoms with Gasteiger partial charge in [-0.2, -0.15) is 0 Å². The smallest absolute Gasteiger partial charge is 0.220 e. The second-order valence-corrected chi connectivity index (χ2v) is 8.13. The molecule has 1 fully saturated rings. The highest BCUT2D eigenvalue weighted by Gasteiger charge is 2.25. The van der Waals surface area contributed by atoms with Gasteiger partial charge in [0.25, 0.3) is 0 Å². The Morgan fingerprint density at radius 1 is 1.13 bits per heavy atom. The van der Waals surface area contributed by atoms with Crippen molar-refractivity contribution in [2.75, 3.05) is 39.8 Å². The number of rotatable bonds is 8. The highest BCUT2D eigenvalue weighted by atomic mass is 16.1. The molecule has 2 aromatic carbocycles. The largest absolute Gasteiger partial charge is 0.356 e. The van der Waals surface area contributed by atoms with Crippen molar-refractivity contribution in [1.82, 2.24) is 25.1 Å². The van der Waals surface area contributed by atoms with Crippen molar-refractivity contribution < 1.29 is 4.79 Å². The van der Waals surface area contributed by atoms with Gasteiger partial charge in [-0.25, -0.2) is 4.98 Å². The summed E-state index contributed by atoms with van der Waals surface area (Å²) in [6, 6.07) is 19.1. The monoisotopic (exact) mass is 405 g/mol. The molecule has 1 amide bonds. The molecule has 4 rings (SSSR count). The van der Waals surface area contributed by atoms with Gasteiger partial charge in [0.05, 0.1) is 11.0 Å². The molecule has 1 aliphatic rings. The molecule has 1 aromatic heterocycles. The summed E-state index contributed by atoms with van der Waals surface area (Å²) in [4.78, 5) is 25.0. The van der Waals surface area contributed by atoms with E-state index in [-0.39, 0.29) is 5.91 Å². The molecule has 0 radical (unpaired) electrons. The summed E-state index contributed by atoms with van der Waals surface area (Å²) in [7, 11) is 2.19. The topological polar surface area (TPSA) is 64.3 Å². The van der Waals surface area contributed by atoms with E-state index in [2.05, 4.69) is 62.5 Å². The summed E-state index contributed by atoms with van der Waals surface area (Å²) < 4.78 is 0. The summed E-state index contributed by atoms with van der Waals surface area (Å²) in [6.07, 6.45) is 2.06. The fraction of sp³-hybridized carbons (Fsp3) is 0.417.